The number of ether oxygens (including phenoxy) is 1. The maximum atomic E-state index is 12.7. The molecule has 5 nitrogen and oxygen atoms in total. The first-order valence-electron chi connectivity index (χ1n) is 8.53. The van der Waals surface area contributed by atoms with Gasteiger partial charge in [0.15, 0.2) is 0 Å². The Hall–Kier alpha value is -1.60. The molecule has 0 aliphatic carbocycles. The minimum absolute atomic E-state index is 0.155. The van der Waals surface area contributed by atoms with Crippen molar-refractivity contribution in [2.24, 2.45) is 5.92 Å². The van der Waals surface area contributed by atoms with Crippen LogP contribution >= 0.6 is 23.2 Å². The van der Waals surface area contributed by atoms with Gasteiger partial charge in [0, 0.05) is 23.1 Å². The molecule has 0 saturated carbocycles. The first kappa shape index (κ1) is 20.1. The van der Waals surface area contributed by atoms with E-state index in [4.69, 9.17) is 27.9 Å². The van der Waals surface area contributed by atoms with E-state index in [0.717, 1.165) is 5.56 Å². The fourth-order valence-corrected chi connectivity index (χ4v) is 4.80. The van der Waals surface area contributed by atoms with Crippen LogP contribution in [0.2, 0.25) is 10.0 Å². The summed E-state index contributed by atoms with van der Waals surface area (Å²) < 4.78 is 32.1. The number of halogens is 2. The number of piperidine rings is 1. The third-order valence-corrected chi connectivity index (χ3v) is 6.91. The lowest BCUT2D eigenvalue weighted by atomic mass is 9.98. The Bertz CT molecular complexity index is 908. The Labute approximate surface area is 168 Å². The molecular weight excluding hydrogens is 409 g/mol. The number of hydrogen-bond acceptors (Lipinski definition) is 4. The summed E-state index contributed by atoms with van der Waals surface area (Å²) in [4.78, 5) is 12.5. The van der Waals surface area contributed by atoms with Crippen molar-refractivity contribution in [3.63, 3.8) is 0 Å². The molecule has 0 radical (unpaired) electrons. The number of nitrogens with zero attached hydrogens (tertiary/aromatic N) is 1. The molecule has 8 heteroatoms. The molecular formula is C19H19Cl2NO4S. The van der Waals surface area contributed by atoms with Crippen LogP contribution in [0.3, 0.4) is 0 Å². The van der Waals surface area contributed by atoms with E-state index in [0.29, 0.717) is 22.9 Å². The molecule has 1 saturated heterocycles. The number of hydrogen-bond donors (Lipinski definition) is 0. The highest BCUT2D eigenvalue weighted by molar-refractivity contribution is 7.89. The van der Waals surface area contributed by atoms with Gasteiger partial charge in [0.2, 0.25) is 10.0 Å². The zero-order valence-corrected chi connectivity index (χ0v) is 16.8. The van der Waals surface area contributed by atoms with Crippen LogP contribution in [0, 0.1) is 5.92 Å². The van der Waals surface area contributed by atoms with Gasteiger partial charge in [0.05, 0.1) is 10.8 Å². The van der Waals surface area contributed by atoms with Gasteiger partial charge in [-0.1, -0.05) is 35.3 Å². The van der Waals surface area contributed by atoms with Crippen LogP contribution in [0.15, 0.2) is 53.4 Å². The predicted octanol–water partition coefficient (Wildman–Crippen LogP) is 4.14. The Balaban J connectivity index is 1.55. The number of carbonyl (C=O) groups is 1. The Morgan fingerprint density at radius 3 is 2.33 bits per heavy atom. The molecule has 0 atom stereocenters. The molecule has 1 aliphatic rings. The molecule has 0 amide bonds. The molecule has 144 valence electrons. The second kappa shape index (κ2) is 8.61. The lowest BCUT2D eigenvalue weighted by Gasteiger charge is -2.30. The highest BCUT2D eigenvalue weighted by Crippen LogP contribution is 2.25. The van der Waals surface area contributed by atoms with E-state index in [1.165, 1.54) is 16.4 Å². The topological polar surface area (TPSA) is 63.7 Å². The van der Waals surface area contributed by atoms with E-state index in [1.807, 2.05) is 6.07 Å². The Kier molecular flexibility index (Phi) is 6.42. The standard InChI is InChI=1S/C19H19Cl2NO4S/c20-16-4-6-18(7-5-16)27(24,25)22-10-8-15(9-11-22)19(23)26-13-14-2-1-3-17(21)12-14/h1-7,12,15H,8-11,13H2. The number of carbonyl (C=O) groups excluding carboxylic acids is 1. The predicted molar refractivity (Wildman–Crippen MR) is 104 cm³/mol. The molecule has 3 rings (SSSR count). The van der Waals surface area contributed by atoms with Crippen LogP contribution in [0.1, 0.15) is 18.4 Å². The van der Waals surface area contributed by atoms with Gasteiger partial charge in [0.1, 0.15) is 6.61 Å². The first-order chi connectivity index (χ1) is 12.9. The van der Waals surface area contributed by atoms with E-state index in [9.17, 15) is 13.2 Å². The van der Waals surface area contributed by atoms with E-state index in [-0.39, 0.29) is 36.5 Å². The summed E-state index contributed by atoms with van der Waals surface area (Å²) in [6.45, 7) is 0.715. The average Bonchev–Trinajstić information content (AvgIpc) is 2.66. The molecule has 0 unspecified atom stereocenters. The molecule has 1 heterocycles. The number of esters is 1. The minimum Gasteiger partial charge on any atom is -0.461 e. The van der Waals surface area contributed by atoms with Crippen molar-refractivity contribution in [2.75, 3.05) is 13.1 Å². The molecule has 27 heavy (non-hydrogen) atoms. The second-order valence-electron chi connectivity index (χ2n) is 6.37. The third kappa shape index (κ3) is 5.02. The van der Waals surface area contributed by atoms with Gasteiger partial charge in [-0.15, -0.1) is 0 Å². The highest BCUT2D eigenvalue weighted by atomic mass is 35.5. The monoisotopic (exact) mass is 427 g/mol. The van der Waals surface area contributed by atoms with Gasteiger partial charge in [-0.2, -0.15) is 4.31 Å². The van der Waals surface area contributed by atoms with Crippen molar-refractivity contribution in [1.82, 2.24) is 4.31 Å². The molecule has 0 N–H and O–H groups in total. The summed E-state index contributed by atoms with van der Waals surface area (Å²) >= 11 is 11.7. The molecule has 0 spiro atoms. The van der Waals surface area contributed by atoms with E-state index in [1.54, 1.807) is 30.3 Å². The smallest absolute Gasteiger partial charge is 0.309 e. The summed E-state index contributed by atoms with van der Waals surface area (Å²) in [5, 5.41) is 1.07. The number of rotatable bonds is 5. The largest absolute Gasteiger partial charge is 0.461 e. The van der Waals surface area contributed by atoms with Gasteiger partial charge in [-0.05, 0) is 54.8 Å². The van der Waals surface area contributed by atoms with Crippen molar-refractivity contribution in [3.8, 4) is 0 Å². The molecule has 1 fully saturated rings. The van der Waals surface area contributed by atoms with E-state index >= 15 is 0 Å². The molecule has 2 aromatic carbocycles. The van der Waals surface area contributed by atoms with Crippen LogP contribution in [-0.2, 0) is 26.2 Å². The van der Waals surface area contributed by atoms with E-state index < -0.39 is 10.0 Å². The van der Waals surface area contributed by atoms with Crippen LogP contribution in [-0.4, -0.2) is 31.8 Å². The maximum Gasteiger partial charge on any atom is 0.309 e. The van der Waals surface area contributed by atoms with Gasteiger partial charge < -0.3 is 4.74 Å². The van der Waals surface area contributed by atoms with Crippen LogP contribution in [0.4, 0.5) is 0 Å². The zero-order valence-electron chi connectivity index (χ0n) is 14.5. The van der Waals surface area contributed by atoms with Crippen LogP contribution in [0.5, 0.6) is 0 Å². The normalized spacial score (nSPS) is 16.2. The fourth-order valence-electron chi connectivity index (χ4n) is 2.99. The summed E-state index contributed by atoms with van der Waals surface area (Å²) in [5.41, 5.74) is 0.818. The van der Waals surface area contributed by atoms with Gasteiger partial charge in [0.25, 0.3) is 0 Å². The van der Waals surface area contributed by atoms with E-state index in [2.05, 4.69) is 0 Å². The van der Waals surface area contributed by atoms with Gasteiger partial charge >= 0.3 is 5.97 Å². The van der Waals surface area contributed by atoms with Gasteiger partial charge in [-0.3, -0.25) is 4.79 Å². The van der Waals surface area contributed by atoms with Crippen molar-refractivity contribution in [2.45, 2.75) is 24.3 Å². The summed E-state index contributed by atoms with van der Waals surface area (Å²) in [7, 11) is -3.58. The first-order valence-corrected chi connectivity index (χ1v) is 10.7. The Morgan fingerprint density at radius 1 is 1.04 bits per heavy atom. The Morgan fingerprint density at radius 2 is 1.70 bits per heavy atom. The summed E-state index contributed by atoms with van der Waals surface area (Å²) in [5.74, 6) is -0.612. The molecule has 1 aliphatic heterocycles. The maximum absolute atomic E-state index is 12.7. The lowest BCUT2D eigenvalue weighted by Crippen LogP contribution is -2.40. The SMILES string of the molecule is O=C(OCc1cccc(Cl)c1)C1CCN(S(=O)(=O)c2ccc(Cl)cc2)CC1. The quantitative estimate of drug-likeness (QED) is 0.672. The summed E-state index contributed by atoms with van der Waals surface area (Å²) in [6, 6.07) is 13.2. The molecule has 0 bridgehead atoms. The van der Waals surface area contributed by atoms with Crippen molar-refractivity contribution in [3.05, 3.63) is 64.1 Å². The fraction of sp³-hybridized carbons (Fsp3) is 0.316. The second-order valence-corrected chi connectivity index (χ2v) is 9.18. The lowest BCUT2D eigenvalue weighted by molar-refractivity contribution is -0.151. The van der Waals surface area contributed by atoms with Crippen molar-refractivity contribution < 1.29 is 17.9 Å². The van der Waals surface area contributed by atoms with Crippen molar-refractivity contribution >= 4 is 39.2 Å². The van der Waals surface area contributed by atoms with Crippen molar-refractivity contribution in [1.29, 1.82) is 0 Å². The minimum atomic E-state index is -3.58. The highest BCUT2D eigenvalue weighted by Gasteiger charge is 2.32. The summed E-state index contributed by atoms with van der Waals surface area (Å²) in [6.07, 6.45) is 0.863. The van der Waals surface area contributed by atoms with Gasteiger partial charge in [-0.25, -0.2) is 8.42 Å². The zero-order chi connectivity index (χ0) is 19.4. The molecule has 2 aromatic rings. The number of sulfonamides is 1. The van der Waals surface area contributed by atoms with Crippen LogP contribution < -0.4 is 0 Å². The van der Waals surface area contributed by atoms with Crippen LogP contribution in [0.25, 0.3) is 0 Å². The molecule has 0 aromatic heterocycles. The number of benzene rings is 2. The third-order valence-electron chi connectivity index (χ3n) is 4.51. The average molecular weight is 428 g/mol.